The van der Waals surface area contributed by atoms with Crippen molar-refractivity contribution in [3.05, 3.63) is 23.8 Å². The highest BCUT2D eigenvalue weighted by molar-refractivity contribution is 5.72. The van der Waals surface area contributed by atoms with Crippen LogP contribution in [0.5, 0.6) is 0 Å². The summed E-state index contributed by atoms with van der Waals surface area (Å²) >= 11 is 0. The third-order valence-corrected chi connectivity index (χ3v) is 0.844. The van der Waals surface area contributed by atoms with Crippen molar-refractivity contribution in [1.29, 1.82) is 0 Å². The van der Waals surface area contributed by atoms with Gasteiger partial charge >= 0.3 is 0 Å². The maximum atomic E-state index is 12.1. The zero-order valence-electron chi connectivity index (χ0n) is 4.02. The molecular weight excluding hydrogens is 109 g/mol. The van der Waals surface area contributed by atoms with Crippen LogP contribution in [0.3, 0.4) is 0 Å². The third-order valence-electron chi connectivity index (χ3n) is 0.844. The van der Waals surface area contributed by atoms with Crippen molar-refractivity contribution in [2.75, 3.05) is 0 Å². The minimum absolute atomic E-state index is 0.00463. The van der Waals surface area contributed by atoms with Crippen molar-refractivity contribution in [2.24, 2.45) is 0 Å². The van der Waals surface area contributed by atoms with Crippen LogP contribution in [0, 0.1) is 5.82 Å². The van der Waals surface area contributed by atoms with Crippen LogP contribution in [0.25, 0.3) is 0 Å². The van der Waals surface area contributed by atoms with E-state index in [-0.39, 0.29) is 5.69 Å². The molecule has 0 saturated heterocycles. The Morgan fingerprint density at radius 3 is 2.75 bits per heavy atom. The molecule has 1 aromatic heterocycles. The standard InChI is InChI=1S/C5H4FNO/c6-4-1-2-7-5(4)3-8/h1-3,7H. The molecule has 0 amide bonds. The SMILES string of the molecule is O=Cc1[nH]ccc1F. The first kappa shape index (κ1) is 5.03. The van der Waals surface area contributed by atoms with Crippen molar-refractivity contribution in [2.45, 2.75) is 0 Å². The molecule has 0 atom stereocenters. The Bertz CT molecular complexity index is 194. The Hall–Kier alpha value is -1.12. The summed E-state index contributed by atoms with van der Waals surface area (Å²) in [6, 6.07) is 1.20. The lowest BCUT2D eigenvalue weighted by molar-refractivity contribution is 0.111. The van der Waals surface area contributed by atoms with Gasteiger partial charge in [0.2, 0.25) is 0 Å². The van der Waals surface area contributed by atoms with Crippen LogP contribution >= 0.6 is 0 Å². The average Bonchev–Trinajstić information content (AvgIpc) is 2.14. The van der Waals surface area contributed by atoms with Crippen LogP contribution in [0.2, 0.25) is 0 Å². The summed E-state index contributed by atoms with van der Waals surface area (Å²) < 4.78 is 12.1. The summed E-state index contributed by atoms with van der Waals surface area (Å²) in [7, 11) is 0. The molecule has 42 valence electrons. The lowest BCUT2D eigenvalue weighted by atomic mass is 10.5. The van der Waals surface area contributed by atoms with E-state index >= 15 is 0 Å². The minimum atomic E-state index is -0.500. The van der Waals surface area contributed by atoms with E-state index in [1.54, 1.807) is 0 Å². The van der Waals surface area contributed by atoms with Gasteiger partial charge in [-0.25, -0.2) is 4.39 Å². The zero-order chi connectivity index (χ0) is 5.98. The predicted molar refractivity (Wildman–Crippen MR) is 26.1 cm³/mol. The fraction of sp³-hybridized carbons (Fsp3) is 0. The largest absolute Gasteiger partial charge is 0.357 e. The summed E-state index contributed by atoms with van der Waals surface area (Å²) in [5.74, 6) is -0.500. The number of aldehydes is 1. The highest BCUT2D eigenvalue weighted by Gasteiger charge is 1.96. The van der Waals surface area contributed by atoms with Gasteiger partial charge in [-0.15, -0.1) is 0 Å². The van der Waals surface area contributed by atoms with Crippen LogP contribution in [-0.4, -0.2) is 11.3 Å². The Labute approximate surface area is 45.3 Å². The van der Waals surface area contributed by atoms with Crippen molar-refractivity contribution in [1.82, 2.24) is 4.98 Å². The first-order valence-electron chi connectivity index (χ1n) is 2.12. The van der Waals surface area contributed by atoms with Gasteiger partial charge in [-0.1, -0.05) is 0 Å². The van der Waals surface area contributed by atoms with E-state index in [4.69, 9.17) is 0 Å². The number of hydrogen-bond donors (Lipinski definition) is 1. The van der Waals surface area contributed by atoms with Crippen LogP contribution < -0.4 is 0 Å². The second-order valence-electron chi connectivity index (χ2n) is 1.36. The molecule has 0 aliphatic carbocycles. The van der Waals surface area contributed by atoms with E-state index < -0.39 is 5.82 Å². The summed E-state index contributed by atoms with van der Waals surface area (Å²) in [6.07, 6.45) is 1.81. The number of carbonyl (C=O) groups excluding carboxylic acids is 1. The molecule has 2 nitrogen and oxygen atoms in total. The molecule has 3 heteroatoms. The third kappa shape index (κ3) is 0.621. The van der Waals surface area contributed by atoms with E-state index in [0.717, 1.165) is 0 Å². The molecule has 0 radical (unpaired) electrons. The maximum absolute atomic E-state index is 12.1. The number of aromatic amines is 1. The van der Waals surface area contributed by atoms with Crippen LogP contribution in [0.15, 0.2) is 12.3 Å². The Kier molecular flexibility index (Phi) is 1.12. The topological polar surface area (TPSA) is 32.9 Å². The number of halogens is 1. The molecule has 1 rings (SSSR count). The molecular formula is C5H4FNO. The van der Waals surface area contributed by atoms with Gasteiger partial charge in [-0.05, 0) is 6.07 Å². The molecule has 1 aromatic rings. The highest BCUT2D eigenvalue weighted by Crippen LogP contribution is 1.98. The lowest BCUT2D eigenvalue weighted by Gasteiger charge is -1.76. The molecule has 0 aliphatic heterocycles. The molecule has 0 bridgehead atoms. The molecule has 0 saturated carbocycles. The highest BCUT2D eigenvalue weighted by atomic mass is 19.1. The van der Waals surface area contributed by atoms with Crippen molar-refractivity contribution in [3.8, 4) is 0 Å². The van der Waals surface area contributed by atoms with E-state index in [0.29, 0.717) is 6.29 Å². The van der Waals surface area contributed by atoms with E-state index in [1.807, 2.05) is 0 Å². The van der Waals surface area contributed by atoms with E-state index in [9.17, 15) is 9.18 Å². The molecule has 8 heavy (non-hydrogen) atoms. The smallest absolute Gasteiger partial charge is 0.169 e. The molecule has 0 unspecified atom stereocenters. The number of rotatable bonds is 1. The molecule has 0 aliphatic rings. The second kappa shape index (κ2) is 1.78. The first-order valence-corrected chi connectivity index (χ1v) is 2.12. The van der Waals surface area contributed by atoms with Crippen molar-refractivity contribution >= 4 is 6.29 Å². The summed E-state index contributed by atoms with van der Waals surface area (Å²) in [6.45, 7) is 0. The molecule has 0 aromatic carbocycles. The van der Waals surface area contributed by atoms with E-state index in [1.165, 1.54) is 12.3 Å². The normalized spacial score (nSPS) is 9.12. The molecule has 1 heterocycles. The predicted octanol–water partition coefficient (Wildman–Crippen LogP) is 0.966. The Morgan fingerprint density at radius 2 is 2.50 bits per heavy atom. The van der Waals surface area contributed by atoms with Gasteiger partial charge in [0.05, 0.1) is 0 Å². The van der Waals surface area contributed by atoms with E-state index in [2.05, 4.69) is 4.98 Å². The quantitative estimate of drug-likeness (QED) is 0.540. The first-order chi connectivity index (χ1) is 3.84. The molecule has 1 N–H and O–H groups in total. The minimum Gasteiger partial charge on any atom is -0.357 e. The van der Waals surface area contributed by atoms with Gasteiger partial charge in [-0.3, -0.25) is 4.79 Å². The van der Waals surface area contributed by atoms with Gasteiger partial charge in [0, 0.05) is 6.20 Å². The molecule has 0 fully saturated rings. The van der Waals surface area contributed by atoms with Gasteiger partial charge in [0.15, 0.2) is 12.1 Å². The van der Waals surface area contributed by atoms with Gasteiger partial charge < -0.3 is 4.98 Å². The van der Waals surface area contributed by atoms with Crippen LogP contribution in [0.4, 0.5) is 4.39 Å². The van der Waals surface area contributed by atoms with Gasteiger partial charge in [0.1, 0.15) is 5.69 Å². The van der Waals surface area contributed by atoms with Crippen LogP contribution in [-0.2, 0) is 0 Å². The second-order valence-corrected chi connectivity index (χ2v) is 1.36. The molecule has 0 spiro atoms. The van der Waals surface area contributed by atoms with Gasteiger partial charge in [0.25, 0.3) is 0 Å². The number of hydrogen-bond acceptors (Lipinski definition) is 1. The summed E-state index contributed by atoms with van der Waals surface area (Å²) in [5.41, 5.74) is 0.00463. The maximum Gasteiger partial charge on any atom is 0.169 e. The lowest BCUT2D eigenvalue weighted by Crippen LogP contribution is -1.80. The number of H-pyrrole nitrogens is 1. The fourth-order valence-electron chi connectivity index (χ4n) is 0.454. The van der Waals surface area contributed by atoms with Crippen molar-refractivity contribution in [3.63, 3.8) is 0 Å². The number of nitrogens with one attached hydrogen (secondary N) is 1. The number of aromatic nitrogens is 1. The van der Waals surface area contributed by atoms with Crippen LogP contribution in [0.1, 0.15) is 10.5 Å². The Balaban J connectivity index is 3.09. The Morgan fingerprint density at radius 1 is 1.75 bits per heavy atom. The monoisotopic (exact) mass is 113 g/mol. The average molecular weight is 113 g/mol. The van der Waals surface area contributed by atoms with Crippen molar-refractivity contribution < 1.29 is 9.18 Å². The fourth-order valence-corrected chi connectivity index (χ4v) is 0.454. The summed E-state index contributed by atoms with van der Waals surface area (Å²) in [5, 5.41) is 0. The number of carbonyl (C=O) groups is 1. The van der Waals surface area contributed by atoms with Gasteiger partial charge in [-0.2, -0.15) is 0 Å². The summed E-state index contributed by atoms with van der Waals surface area (Å²) in [4.78, 5) is 12.2. The zero-order valence-corrected chi connectivity index (χ0v) is 4.02.